The number of hydrogen-bond donors (Lipinski definition) is 1. The first-order chi connectivity index (χ1) is 10.1. The number of hydrogen-bond acceptors (Lipinski definition) is 5. The second kappa shape index (κ2) is 5.90. The highest BCUT2D eigenvalue weighted by Gasteiger charge is 2.36. The van der Waals surface area contributed by atoms with Crippen LogP contribution in [0.3, 0.4) is 0 Å². The van der Waals surface area contributed by atoms with Gasteiger partial charge in [0.15, 0.2) is 0 Å². The third-order valence-electron chi connectivity index (χ3n) is 4.43. The van der Waals surface area contributed by atoms with E-state index in [1.807, 2.05) is 0 Å². The minimum atomic E-state index is -3.47. The Hall–Kier alpha value is -1.18. The summed E-state index contributed by atoms with van der Waals surface area (Å²) in [5.74, 6) is 0.420. The normalized spacial score (nSPS) is 24.5. The summed E-state index contributed by atoms with van der Waals surface area (Å²) in [7, 11) is -1.78. The highest BCUT2D eigenvalue weighted by molar-refractivity contribution is 7.89. The molecule has 0 aliphatic carbocycles. The van der Waals surface area contributed by atoms with Crippen LogP contribution in [0.5, 0.6) is 0 Å². The number of rotatable bonds is 3. The Morgan fingerprint density at radius 3 is 2.95 bits per heavy atom. The maximum atomic E-state index is 12.9. The molecule has 116 valence electrons. The Kier molecular flexibility index (Phi) is 4.14. The Morgan fingerprint density at radius 2 is 2.14 bits per heavy atom. The molecule has 2 aliphatic rings. The van der Waals surface area contributed by atoms with Gasteiger partial charge < -0.3 is 5.32 Å². The van der Waals surface area contributed by atoms with Crippen molar-refractivity contribution in [1.29, 1.82) is 0 Å². The van der Waals surface area contributed by atoms with E-state index in [0.717, 1.165) is 19.5 Å². The van der Waals surface area contributed by atoms with Crippen molar-refractivity contribution >= 4 is 15.8 Å². The SMILES string of the molecule is CNc1ncccc1S(=O)(=O)N1CCN2CCCCC2C1. The Labute approximate surface area is 126 Å². The van der Waals surface area contributed by atoms with Crippen molar-refractivity contribution < 1.29 is 8.42 Å². The lowest BCUT2D eigenvalue weighted by Gasteiger charge is -2.43. The van der Waals surface area contributed by atoms with E-state index in [1.165, 1.54) is 12.8 Å². The van der Waals surface area contributed by atoms with Crippen LogP contribution in [-0.2, 0) is 10.0 Å². The minimum absolute atomic E-state index is 0.275. The van der Waals surface area contributed by atoms with E-state index < -0.39 is 10.0 Å². The molecule has 3 heterocycles. The van der Waals surface area contributed by atoms with Crippen LogP contribution in [-0.4, -0.2) is 61.9 Å². The zero-order valence-electron chi connectivity index (χ0n) is 12.3. The molecule has 1 unspecified atom stereocenters. The van der Waals surface area contributed by atoms with Crippen LogP contribution in [0.25, 0.3) is 0 Å². The van der Waals surface area contributed by atoms with Crippen LogP contribution in [0.15, 0.2) is 23.2 Å². The lowest BCUT2D eigenvalue weighted by atomic mass is 10.0. The van der Waals surface area contributed by atoms with Gasteiger partial charge in [0.05, 0.1) is 0 Å². The molecule has 2 saturated heterocycles. The van der Waals surface area contributed by atoms with Crippen LogP contribution in [0, 0.1) is 0 Å². The fourth-order valence-corrected chi connectivity index (χ4v) is 4.89. The fraction of sp³-hybridized carbons (Fsp3) is 0.643. The first kappa shape index (κ1) is 14.7. The van der Waals surface area contributed by atoms with Crippen molar-refractivity contribution in [2.75, 3.05) is 38.5 Å². The Balaban J connectivity index is 1.85. The molecule has 0 aromatic carbocycles. The van der Waals surface area contributed by atoms with E-state index in [1.54, 1.807) is 29.7 Å². The number of piperazine rings is 1. The summed E-state index contributed by atoms with van der Waals surface area (Å²) in [6.45, 7) is 3.10. The molecule has 2 aliphatic heterocycles. The van der Waals surface area contributed by atoms with Crippen molar-refractivity contribution in [1.82, 2.24) is 14.2 Å². The molecule has 0 amide bonds. The number of anilines is 1. The molecule has 0 saturated carbocycles. The summed E-state index contributed by atoms with van der Waals surface area (Å²) in [6.07, 6.45) is 5.13. The lowest BCUT2D eigenvalue weighted by Crippen LogP contribution is -2.56. The summed E-state index contributed by atoms with van der Waals surface area (Å²) < 4.78 is 27.4. The zero-order chi connectivity index (χ0) is 14.9. The molecule has 1 N–H and O–H groups in total. The number of nitrogens with zero attached hydrogens (tertiary/aromatic N) is 3. The van der Waals surface area contributed by atoms with Gasteiger partial charge in [0.2, 0.25) is 10.0 Å². The predicted molar refractivity (Wildman–Crippen MR) is 81.8 cm³/mol. The standard InChI is InChI=1S/C14H22N4O2S/c1-15-14-13(6-4-7-16-14)21(19,20)18-10-9-17-8-3-2-5-12(17)11-18/h4,6-7,12H,2-3,5,8-11H2,1H3,(H,15,16). The van der Waals surface area contributed by atoms with Crippen molar-refractivity contribution in [2.24, 2.45) is 0 Å². The van der Waals surface area contributed by atoms with E-state index in [4.69, 9.17) is 0 Å². The minimum Gasteiger partial charge on any atom is -0.372 e. The summed E-state index contributed by atoms with van der Waals surface area (Å²) in [5, 5.41) is 2.87. The smallest absolute Gasteiger partial charge is 0.246 e. The Bertz CT molecular complexity index is 605. The second-order valence-electron chi connectivity index (χ2n) is 5.65. The molecule has 0 bridgehead atoms. The molecule has 0 radical (unpaired) electrons. The average Bonchev–Trinajstić information content (AvgIpc) is 2.54. The molecule has 1 atom stereocenters. The van der Waals surface area contributed by atoms with Gasteiger partial charge in [-0.25, -0.2) is 13.4 Å². The van der Waals surface area contributed by atoms with E-state index in [-0.39, 0.29) is 4.90 Å². The molecule has 3 rings (SSSR count). The van der Waals surface area contributed by atoms with Gasteiger partial charge in [-0.2, -0.15) is 4.31 Å². The number of aromatic nitrogens is 1. The molecular formula is C14H22N4O2S. The number of piperidine rings is 1. The maximum absolute atomic E-state index is 12.9. The second-order valence-corrected chi connectivity index (χ2v) is 7.56. The maximum Gasteiger partial charge on any atom is 0.246 e. The van der Waals surface area contributed by atoms with E-state index in [0.29, 0.717) is 24.9 Å². The van der Waals surface area contributed by atoms with Crippen molar-refractivity contribution in [3.05, 3.63) is 18.3 Å². The van der Waals surface area contributed by atoms with Crippen LogP contribution in [0.1, 0.15) is 19.3 Å². The highest BCUT2D eigenvalue weighted by atomic mass is 32.2. The molecular weight excluding hydrogens is 288 g/mol. The average molecular weight is 310 g/mol. The summed E-state index contributed by atoms with van der Waals surface area (Å²) in [5.41, 5.74) is 0. The van der Waals surface area contributed by atoms with Crippen molar-refractivity contribution in [3.63, 3.8) is 0 Å². The largest absolute Gasteiger partial charge is 0.372 e. The number of fused-ring (bicyclic) bond motifs is 1. The molecule has 0 spiro atoms. The van der Waals surface area contributed by atoms with Gasteiger partial charge in [0.1, 0.15) is 10.7 Å². The highest BCUT2D eigenvalue weighted by Crippen LogP contribution is 2.27. The third kappa shape index (κ3) is 2.77. The molecule has 21 heavy (non-hydrogen) atoms. The Morgan fingerprint density at radius 1 is 1.29 bits per heavy atom. The summed E-state index contributed by atoms with van der Waals surface area (Å²) in [4.78, 5) is 6.82. The molecule has 1 aromatic heterocycles. The first-order valence-electron chi connectivity index (χ1n) is 7.50. The molecule has 1 aromatic rings. The van der Waals surface area contributed by atoms with Crippen LogP contribution < -0.4 is 5.32 Å². The van der Waals surface area contributed by atoms with Crippen molar-refractivity contribution in [3.8, 4) is 0 Å². The lowest BCUT2D eigenvalue weighted by molar-refractivity contribution is 0.0852. The van der Waals surface area contributed by atoms with Gasteiger partial charge in [0.25, 0.3) is 0 Å². The summed E-state index contributed by atoms with van der Waals surface area (Å²) >= 11 is 0. The van der Waals surface area contributed by atoms with Gasteiger partial charge >= 0.3 is 0 Å². The number of pyridine rings is 1. The predicted octanol–water partition coefficient (Wildman–Crippen LogP) is 0.982. The topological polar surface area (TPSA) is 65.5 Å². The number of sulfonamides is 1. The number of nitrogens with one attached hydrogen (secondary N) is 1. The zero-order valence-corrected chi connectivity index (χ0v) is 13.1. The quantitative estimate of drug-likeness (QED) is 0.901. The van der Waals surface area contributed by atoms with E-state index in [2.05, 4.69) is 15.2 Å². The van der Waals surface area contributed by atoms with Crippen LogP contribution in [0.2, 0.25) is 0 Å². The molecule has 7 heteroatoms. The van der Waals surface area contributed by atoms with Crippen LogP contribution in [0.4, 0.5) is 5.82 Å². The van der Waals surface area contributed by atoms with E-state index >= 15 is 0 Å². The van der Waals surface area contributed by atoms with E-state index in [9.17, 15) is 8.42 Å². The van der Waals surface area contributed by atoms with Crippen LogP contribution >= 0.6 is 0 Å². The summed E-state index contributed by atoms with van der Waals surface area (Å²) in [6, 6.07) is 3.67. The molecule has 6 nitrogen and oxygen atoms in total. The van der Waals surface area contributed by atoms with Gasteiger partial charge in [0, 0.05) is 38.9 Å². The fourth-order valence-electron chi connectivity index (χ4n) is 3.27. The first-order valence-corrected chi connectivity index (χ1v) is 8.94. The van der Waals surface area contributed by atoms with Gasteiger partial charge in [-0.1, -0.05) is 6.42 Å². The molecule has 2 fully saturated rings. The van der Waals surface area contributed by atoms with Gasteiger partial charge in [-0.05, 0) is 31.5 Å². The third-order valence-corrected chi connectivity index (χ3v) is 6.32. The van der Waals surface area contributed by atoms with Gasteiger partial charge in [-0.3, -0.25) is 4.90 Å². The van der Waals surface area contributed by atoms with Gasteiger partial charge in [-0.15, -0.1) is 0 Å². The van der Waals surface area contributed by atoms with Crippen molar-refractivity contribution in [2.45, 2.75) is 30.2 Å². The monoisotopic (exact) mass is 310 g/mol.